The second kappa shape index (κ2) is 3.88. The number of amides is 2. The van der Waals surface area contributed by atoms with Crippen molar-refractivity contribution in [3.8, 4) is 0 Å². The van der Waals surface area contributed by atoms with Crippen LogP contribution in [0, 0.1) is 0 Å². The topological polar surface area (TPSA) is 49.4 Å². The molecule has 0 spiro atoms. The highest BCUT2D eigenvalue weighted by atomic mass is 16.2. The van der Waals surface area contributed by atoms with E-state index in [1.165, 1.54) is 7.05 Å². The van der Waals surface area contributed by atoms with Gasteiger partial charge in [-0.25, -0.2) is 0 Å². The lowest BCUT2D eigenvalue weighted by molar-refractivity contribution is -0.131. The van der Waals surface area contributed by atoms with E-state index in [9.17, 15) is 9.59 Å². The Morgan fingerprint density at radius 1 is 1.78 bits per heavy atom. The Morgan fingerprint density at radius 2 is 2.33 bits per heavy atom. The van der Waals surface area contributed by atoms with Gasteiger partial charge < -0.3 is 0 Å². The summed E-state index contributed by atoms with van der Waals surface area (Å²) in [6.07, 6.45) is 0.922. The molecule has 0 rings (SSSR count). The highest BCUT2D eigenvalue weighted by Crippen LogP contribution is 1.74. The van der Waals surface area contributed by atoms with E-state index in [2.05, 4.69) is 5.43 Å². The lowest BCUT2D eigenvalue weighted by Gasteiger charge is -2.09. The van der Waals surface area contributed by atoms with Crippen LogP contribution >= 0.6 is 0 Å². The summed E-state index contributed by atoms with van der Waals surface area (Å²) in [5.41, 5.74) is 2.31. The number of carbonyl (C=O) groups is 2. The molecule has 0 saturated heterocycles. The zero-order valence-corrected chi connectivity index (χ0v) is 5.55. The van der Waals surface area contributed by atoms with E-state index in [4.69, 9.17) is 0 Å². The van der Waals surface area contributed by atoms with E-state index in [1.54, 1.807) is 6.92 Å². The molecule has 0 aliphatic carbocycles. The molecule has 4 nitrogen and oxygen atoms in total. The molecule has 0 radical (unpaired) electrons. The number of hydrogen-bond acceptors (Lipinski definition) is 2. The Hall–Kier alpha value is -1.06. The molecule has 0 aromatic heterocycles. The van der Waals surface area contributed by atoms with Crippen molar-refractivity contribution >= 4 is 12.3 Å². The lowest BCUT2D eigenvalue weighted by Crippen LogP contribution is -2.37. The van der Waals surface area contributed by atoms with Gasteiger partial charge in [0.1, 0.15) is 0 Å². The number of rotatable bonds is 3. The van der Waals surface area contributed by atoms with Crippen molar-refractivity contribution in [2.45, 2.75) is 13.3 Å². The van der Waals surface area contributed by atoms with Crippen molar-refractivity contribution in [1.29, 1.82) is 0 Å². The van der Waals surface area contributed by atoms with Crippen molar-refractivity contribution in [2.24, 2.45) is 0 Å². The summed E-state index contributed by atoms with van der Waals surface area (Å²) in [4.78, 5) is 20.3. The predicted octanol–water partition coefficient (Wildman–Crippen LogP) is -0.484. The number of hydrazine groups is 1. The Bertz CT molecular complexity index is 114. The third kappa shape index (κ3) is 3.52. The number of carbonyl (C=O) groups excluding carboxylic acids is 2. The lowest BCUT2D eigenvalue weighted by atomic mass is 10.5. The average molecular weight is 130 g/mol. The predicted molar refractivity (Wildman–Crippen MR) is 32.3 cm³/mol. The van der Waals surface area contributed by atoms with Gasteiger partial charge in [0.15, 0.2) is 0 Å². The first-order chi connectivity index (χ1) is 4.20. The molecule has 0 aliphatic heterocycles. The van der Waals surface area contributed by atoms with Gasteiger partial charge in [-0.15, -0.1) is 0 Å². The largest absolute Gasteiger partial charge is 0.277 e. The Morgan fingerprint density at radius 3 is 2.67 bits per heavy atom. The molecule has 9 heavy (non-hydrogen) atoms. The van der Waals surface area contributed by atoms with Gasteiger partial charge in [-0.05, 0) is 0 Å². The standard InChI is InChI=1S/C5H10N2O2/c1-3-5(9)6-7(2)4-8/h4H,3H2,1-2H3,(H,6,9). The molecular weight excluding hydrogens is 120 g/mol. The van der Waals surface area contributed by atoms with Crippen LogP contribution in [0.2, 0.25) is 0 Å². The molecule has 0 unspecified atom stereocenters. The van der Waals surface area contributed by atoms with Gasteiger partial charge in [0.25, 0.3) is 0 Å². The average Bonchev–Trinajstić information content (AvgIpc) is 1.87. The molecule has 0 fully saturated rings. The minimum Gasteiger partial charge on any atom is -0.277 e. The molecule has 0 aliphatic rings. The Labute approximate surface area is 53.8 Å². The number of hydrogen-bond donors (Lipinski definition) is 1. The molecule has 1 N–H and O–H groups in total. The SMILES string of the molecule is CCC(=O)NN(C)C=O. The number of nitrogens with zero attached hydrogens (tertiary/aromatic N) is 1. The second-order valence-electron chi connectivity index (χ2n) is 1.60. The van der Waals surface area contributed by atoms with Crippen LogP contribution in [0.3, 0.4) is 0 Å². The van der Waals surface area contributed by atoms with Crippen LogP contribution in [-0.4, -0.2) is 24.4 Å². The molecule has 0 saturated carbocycles. The summed E-state index contributed by atoms with van der Waals surface area (Å²) in [5.74, 6) is -0.162. The quantitative estimate of drug-likeness (QED) is 0.414. The summed E-state index contributed by atoms with van der Waals surface area (Å²) < 4.78 is 0. The van der Waals surface area contributed by atoms with Gasteiger partial charge in [-0.1, -0.05) is 6.92 Å². The second-order valence-corrected chi connectivity index (χ2v) is 1.60. The number of nitrogens with one attached hydrogen (secondary N) is 1. The van der Waals surface area contributed by atoms with Crippen molar-refractivity contribution in [3.63, 3.8) is 0 Å². The molecule has 0 aromatic rings. The van der Waals surface area contributed by atoms with Crippen LogP contribution < -0.4 is 5.43 Å². The Balaban J connectivity index is 3.46. The first-order valence-corrected chi connectivity index (χ1v) is 2.68. The maximum atomic E-state index is 10.5. The van der Waals surface area contributed by atoms with Gasteiger partial charge in [0.2, 0.25) is 12.3 Å². The maximum absolute atomic E-state index is 10.5. The summed E-state index contributed by atoms with van der Waals surface area (Å²) in [6.45, 7) is 1.72. The van der Waals surface area contributed by atoms with Crippen LogP contribution in [0.15, 0.2) is 0 Å². The highest BCUT2D eigenvalue weighted by Gasteiger charge is 1.96. The molecule has 4 heteroatoms. The zero-order valence-electron chi connectivity index (χ0n) is 5.55. The molecule has 0 heterocycles. The van der Waals surface area contributed by atoms with E-state index in [-0.39, 0.29) is 5.91 Å². The molecule has 0 bridgehead atoms. The van der Waals surface area contributed by atoms with Crippen molar-refractivity contribution in [3.05, 3.63) is 0 Å². The summed E-state index contributed by atoms with van der Waals surface area (Å²) in [6, 6.07) is 0. The van der Waals surface area contributed by atoms with Crippen LogP contribution in [0.5, 0.6) is 0 Å². The van der Waals surface area contributed by atoms with Crippen LogP contribution in [0.1, 0.15) is 13.3 Å². The molecular formula is C5H10N2O2. The third-order valence-electron chi connectivity index (χ3n) is 0.780. The van der Waals surface area contributed by atoms with E-state index < -0.39 is 0 Å². The minimum atomic E-state index is -0.162. The summed E-state index contributed by atoms with van der Waals surface area (Å²) in [7, 11) is 1.47. The van der Waals surface area contributed by atoms with Crippen molar-refractivity contribution < 1.29 is 9.59 Å². The van der Waals surface area contributed by atoms with E-state index in [0.717, 1.165) is 5.01 Å². The summed E-state index contributed by atoms with van der Waals surface area (Å²) in [5, 5.41) is 1.08. The van der Waals surface area contributed by atoms with Gasteiger partial charge in [-0.2, -0.15) is 0 Å². The van der Waals surface area contributed by atoms with E-state index >= 15 is 0 Å². The third-order valence-corrected chi connectivity index (χ3v) is 0.780. The fourth-order valence-electron chi connectivity index (χ4n) is 0.302. The maximum Gasteiger partial charge on any atom is 0.238 e. The van der Waals surface area contributed by atoms with E-state index in [1.807, 2.05) is 0 Å². The molecule has 0 aromatic carbocycles. The first-order valence-electron chi connectivity index (χ1n) is 2.68. The van der Waals surface area contributed by atoms with Crippen LogP contribution in [0.25, 0.3) is 0 Å². The van der Waals surface area contributed by atoms with Crippen LogP contribution in [-0.2, 0) is 9.59 Å². The smallest absolute Gasteiger partial charge is 0.238 e. The van der Waals surface area contributed by atoms with Gasteiger partial charge in [0.05, 0.1) is 0 Å². The normalized spacial score (nSPS) is 8.22. The van der Waals surface area contributed by atoms with Gasteiger partial charge >= 0.3 is 0 Å². The molecule has 52 valence electrons. The van der Waals surface area contributed by atoms with Gasteiger partial charge in [0, 0.05) is 13.5 Å². The van der Waals surface area contributed by atoms with Crippen molar-refractivity contribution in [1.82, 2.24) is 10.4 Å². The fraction of sp³-hybridized carbons (Fsp3) is 0.600. The first kappa shape index (κ1) is 7.94. The Kier molecular flexibility index (Phi) is 3.43. The highest BCUT2D eigenvalue weighted by molar-refractivity contribution is 5.76. The van der Waals surface area contributed by atoms with Gasteiger partial charge in [-0.3, -0.25) is 20.0 Å². The van der Waals surface area contributed by atoms with Crippen LogP contribution in [0.4, 0.5) is 0 Å². The monoisotopic (exact) mass is 130 g/mol. The van der Waals surface area contributed by atoms with E-state index in [0.29, 0.717) is 12.8 Å². The molecule has 0 atom stereocenters. The summed E-state index contributed by atoms with van der Waals surface area (Å²) >= 11 is 0. The zero-order chi connectivity index (χ0) is 7.28. The van der Waals surface area contributed by atoms with Crippen molar-refractivity contribution in [2.75, 3.05) is 7.05 Å². The fourth-order valence-corrected chi connectivity index (χ4v) is 0.302. The molecule has 2 amide bonds. The minimum absolute atomic E-state index is 0.162.